The molecule has 1 aliphatic rings. The second-order valence-electron chi connectivity index (χ2n) is 6.16. The number of nitrogens with one attached hydrogen (secondary N) is 2. The predicted molar refractivity (Wildman–Crippen MR) is 108 cm³/mol. The molecule has 2 aromatic rings. The Labute approximate surface area is 167 Å². The Bertz CT molecular complexity index is 908. The van der Waals surface area contributed by atoms with E-state index in [4.69, 9.17) is 27.9 Å². The van der Waals surface area contributed by atoms with Crippen LogP contribution in [-0.2, 0) is 4.79 Å². The number of hydrogen-bond donors (Lipinski definition) is 2. The highest BCUT2D eigenvalue weighted by Gasteiger charge is 2.25. The van der Waals surface area contributed by atoms with Gasteiger partial charge in [0.2, 0.25) is 5.91 Å². The van der Waals surface area contributed by atoms with Gasteiger partial charge < -0.3 is 15.4 Å². The summed E-state index contributed by atoms with van der Waals surface area (Å²) in [7, 11) is 1.52. The lowest BCUT2D eigenvalue weighted by Crippen LogP contribution is -2.26. The highest BCUT2D eigenvalue weighted by atomic mass is 35.5. The Morgan fingerprint density at radius 1 is 1.11 bits per heavy atom. The van der Waals surface area contributed by atoms with Crippen molar-refractivity contribution >= 4 is 46.8 Å². The van der Waals surface area contributed by atoms with Crippen molar-refractivity contribution in [1.29, 1.82) is 0 Å². The molecule has 27 heavy (non-hydrogen) atoms. The second-order valence-corrected chi connectivity index (χ2v) is 6.97. The number of anilines is 1. The number of carbonyl (C=O) groups is 2. The lowest BCUT2D eigenvalue weighted by molar-refractivity contribution is -0.111. The predicted octanol–water partition coefficient (Wildman–Crippen LogP) is 4.55. The Kier molecular flexibility index (Phi) is 6.04. The third-order valence-corrected chi connectivity index (χ3v) is 4.75. The van der Waals surface area contributed by atoms with Crippen LogP contribution < -0.4 is 15.4 Å². The highest BCUT2D eigenvalue weighted by molar-refractivity contribution is 6.42. The summed E-state index contributed by atoms with van der Waals surface area (Å²) >= 11 is 11.8. The van der Waals surface area contributed by atoms with Crippen molar-refractivity contribution in [1.82, 2.24) is 5.32 Å². The molecule has 0 heterocycles. The molecule has 0 saturated heterocycles. The topological polar surface area (TPSA) is 67.4 Å². The fraction of sp³-hybridized carbons (Fsp3) is 0.200. The summed E-state index contributed by atoms with van der Waals surface area (Å²) in [5.74, 6) is -0.0628. The van der Waals surface area contributed by atoms with Crippen LogP contribution in [0.4, 0.5) is 5.69 Å². The van der Waals surface area contributed by atoms with Crippen LogP contribution in [0.1, 0.15) is 28.8 Å². The van der Waals surface area contributed by atoms with Gasteiger partial charge in [-0.05, 0) is 54.8 Å². The molecule has 140 valence electrons. The quantitative estimate of drug-likeness (QED) is 0.694. The van der Waals surface area contributed by atoms with E-state index in [2.05, 4.69) is 10.6 Å². The smallest absolute Gasteiger partial charge is 0.253 e. The van der Waals surface area contributed by atoms with Crippen LogP contribution in [-0.4, -0.2) is 25.0 Å². The lowest BCUT2D eigenvalue weighted by Gasteiger charge is -2.12. The molecule has 0 bridgehead atoms. The first-order valence-corrected chi connectivity index (χ1v) is 9.15. The average molecular weight is 405 g/mol. The zero-order valence-electron chi connectivity index (χ0n) is 14.6. The van der Waals surface area contributed by atoms with Crippen molar-refractivity contribution in [3.63, 3.8) is 0 Å². The van der Waals surface area contributed by atoms with E-state index >= 15 is 0 Å². The van der Waals surface area contributed by atoms with Crippen LogP contribution in [0.3, 0.4) is 0 Å². The molecule has 2 aromatic carbocycles. The van der Waals surface area contributed by atoms with E-state index in [1.165, 1.54) is 13.2 Å². The van der Waals surface area contributed by atoms with Gasteiger partial charge in [0.05, 0.1) is 28.4 Å². The Morgan fingerprint density at radius 3 is 2.56 bits per heavy atom. The first-order valence-electron chi connectivity index (χ1n) is 8.39. The summed E-state index contributed by atoms with van der Waals surface area (Å²) in [6, 6.07) is 10.2. The molecular weight excluding hydrogens is 387 g/mol. The van der Waals surface area contributed by atoms with Crippen LogP contribution in [0.5, 0.6) is 5.75 Å². The summed E-state index contributed by atoms with van der Waals surface area (Å²) in [5, 5.41) is 6.50. The largest absolute Gasteiger partial charge is 0.497 e. The SMILES string of the molecule is COc1ccc(NC(=O)/C=C/c2ccc(Cl)c(Cl)c2)c(C(=O)NC2CC2)c1. The highest BCUT2D eigenvalue weighted by Crippen LogP contribution is 2.25. The van der Waals surface area contributed by atoms with E-state index in [1.807, 2.05) is 0 Å². The van der Waals surface area contributed by atoms with Crippen molar-refractivity contribution in [2.24, 2.45) is 0 Å². The first kappa shape index (κ1) is 19.3. The van der Waals surface area contributed by atoms with E-state index in [-0.39, 0.29) is 17.9 Å². The van der Waals surface area contributed by atoms with Crippen LogP contribution in [0, 0.1) is 0 Å². The Balaban J connectivity index is 1.74. The summed E-state index contributed by atoms with van der Waals surface area (Å²) in [6.07, 6.45) is 4.94. The van der Waals surface area contributed by atoms with Gasteiger partial charge in [0.1, 0.15) is 5.75 Å². The maximum atomic E-state index is 12.5. The summed E-state index contributed by atoms with van der Waals surface area (Å²) in [6.45, 7) is 0. The number of amides is 2. The number of halogens is 2. The molecule has 0 unspecified atom stereocenters. The van der Waals surface area contributed by atoms with E-state index in [0.717, 1.165) is 18.4 Å². The zero-order valence-corrected chi connectivity index (χ0v) is 16.1. The number of carbonyl (C=O) groups excluding carboxylic acids is 2. The fourth-order valence-corrected chi connectivity index (χ4v) is 2.71. The summed E-state index contributed by atoms with van der Waals surface area (Å²) in [5.41, 5.74) is 1.51. The average Bonchev–Trinajstić information content (AvgIpc) is 3.47. The number of methoxy groups -OCH3 is 1. The normalized spacial score (nSPS) is 13.4. The van der Waals surface area contributed by atoms with Gasteiger partial charge in [0.25, 0.3) is 5.91 Å². The van der Waals surface area contributed by atoms with Crippen molar-refractivity contribution in [2.75, 3.05) is 12.4 Å². The standard InChI is InChI=1S/C20H18Cl2N2O3/c1-27-14-6-8-18(15(11-14)20(26)23-13-4-5-13)24-19(25)9-3-12-2-7-16(21)17(22)10-12/h2-3,6-11,13H,4-5H2,1H3,(H,23,26)(H,24,25)/b9-3+. The van der Waals surface area contributed by atoms with E-state index in [0.29, 0.717) is 27.0 Å². The minimum absolute atomic E-state index is 0.210. The van der Waals surface area contributed by atoms with E-state index in [9.17, 15) is 9.59 Å². The minimum atomic E-state index is -0.369. The maximum Gasteiger partial charge on any atom is 0.253 e. The number of ether oxygens (including phenoxy) is 1. The molecule has 1 saturated carbocycles. The Hall–Kier alpha value is -2.50. The van der Waals surface area contributed by atoms with Gasteiger partial charge in [-0.2, -0.15) is 0 Å². The van der Waals surface area contributed by atoms with Crippen LogP contribution in [0.25, 0.3) is 6.08 Å². The third-order valence-electron chi connectivity index (χ3n) is 4.01. The monoisotopic (exact) mass is 404 g/mol. The molecular formula is C20H18Cl2N2O3. The van der Waals surface area contributed by atoms with Gasteiger partial charge >= 0.3 is 0 Å². The van der Waals surface area contributed by atoms with E-state index in [1.54, 1.807) is 42.5 Å². The molecule has 3 rings (SSSR count). The molecule has 2 N–H and O–H groups in total. The van der Waals surface area contributed by atoms with E-state index < -0.39 is 0 Å². The van der Waals surface area contributed by atoms with Crippen LogP contribution >= 0.6 is 23.2 Å². The number of rotatable bonds is 6. The molecule has 0 aromatic heterocycles. The maximum absolute atomic E-state index is 12.5. The molecule has 5 nitrogen and oxygen atoms in total. The molecule has 0 spiro atoms. The van der Waals surface area contributed by atoms with Crippen molar-refractivity contribution in [3.8, 4) is 5.75 Å². The zero-order chi connectivity index (χ0) is 19.4. The van der Waals surface area contributed by atoms with Crippen molar-refractivity contribution < 1.29 is 14.3 Å². The van der Waals surface area contributed by atoms with Crippen LogP contribution in [0.15, 0.2) is 42.5 Å². The van der Waals surface area contributed by atoms with Gasteiger partial charge in [-0.3, -0.25) is 9.59 Å². The molecule has 1 aliphatic carbocycles. The molecule has 0 atom stereocenters. The van der Waals surface area contributed by atoms with Crippen LogP contribution in [0.2, 0.25) is 10.0 Å². The number of benzene rings is 2. The molecule has 0 aliphatic heterocycles. The second kappa shape index (κ2) is 8.46. The summed E-state index contributed by atoms with van der Waals surface area (Å²) < 4.78 is 5.18. The molecule has 0 radical (unpaired) electrons. The number of hydrogen-bond acceptors (Lipinski definition) is 3. The fourth-order valence-electron chi connectivity index (χ4n) is 2.40. The minimum Gasteiger partial charge on any atom is -0.497 e. The summed E-state index contributed by atoms with van der Waals surface area (Å²) in [4.78, 5) is 24.7. The molecule has 7 heteroatoms. The van der Waals surface area contributed by atoms with Crippen molar-refractivity contribution in [2.45, 2.75) is 18.9 Å². The molecule has 1 fully saturated rings. The van der Waals surface area contributed by atoms with Gasteiger partial charge in [-0.25, -0.2) is 0 Å². The van der Waals surface area contributed by atoms with Gasteiger partial charge in [0.15, 0.2) is 0 Å². The third kappa shape index (κ3) is 5.25. The van der Waals surface area contributed by atoms with Gasteiger partial charge in [0, 0.05) is 12.1 Å². The Morgan fingerprint density at radius 2 is 1.89 bits per heavy atom. The van der Waals surface area contributed by atoms with Gasteiger partial charge in [-0.15, -0.1) is 0 Å². The van der Waals surface area contributed by atoms with Crippen molar-refractivity contribution in [3.05, 3.63) is 63.6 Å². The molecule has 2 amide bonds. The first-order chi connectivity index (χ1) is 13.0. The van der Waals surface area contributed by atoms with Gasteiger partial charge in [-0.1, -0.05) is 29.3 Å². The lowest BCUT2D eigenvalue weighted by atomic mass is 10.1.